The standard InChI is InChI=1S/C31H34N4O8S/c1-12-6-15-7-17-18(8-32)35-19-9-40-31(38)16(33)10-44-30(24(35)23(34(17)4)20(15)25(37)26(12)39-5)22-21(19)29-28(41-11-42-29)13(2)27(22)43-14(3)36/h6,16-19,23-24,30,37H,7,9-11,33H2,1-5H3/t16-,17?,18+,19-,23-,24+,30+/m1/s1. The molecule has 5 aliphatic rings. The second-order valence-electron chi connectivity index (χ2n) is 12.0. The molecule has 13 heteroatoms. The molecule has 0 amide bonds. The fourth-order valence-corrected chi connectivity index (χ4v) is 9.42. The Hall–Kier alpha value is -3.70. The van der Waals surface area contributed by atoms with Crippen LogP contribution in [0.25, 0.3) is 0 Å². The fourth-order valence-electron chi connectivity index (χ4n) is 7.98. The molecule has 7 atom stereocenters. The number of nitrogens with two attached hydrogens (primary N) is 1. The lowest BCUT2D eigenvalue weighted by atomic mass is 9.71. The van der Waals surface area contributed by atoms with Gasteiger partial charge in [-0.25, -0.2) is 0 Å². The van der Waals surface area contributed by atoms with Crippen molar-refractivity contribution in [1.29, 1.82) is 5.26 Å². The van der Waals surface area contributed by atoms with Crippen molar-refractivity contribution in [1.82, 2.24) is 9.80 Å². The van der Waals surface area contributed by atoms with E-state index in [1.54, 1.807) is 0 Å². The Morgan fingerprint density at radius 1 is 1.18 bits per heavy atom. The number of nitriles is 1. The van der Waals surface area contributed by atoms with E-state index in [4.69, 9.17) is 29.4 Å². The minimum atomic E-state index is -0.890. The molecule has 0 radical (unpaired) electrons. The summed E-state index contributed by atoms with van der Waals surface area (Å²) in [7, 11) is 3.51. The molecule has 5 aliphatic heterocycles. The number of hydrogen-bond acceptors (Lipinski definition) is 13. The quantitative estimate of drug-likeness (QED) is 0.372. The molecule has 3 N–H and O–H groups in total. The topological polar surface area (TPSA) is 157 Å². The molecule has 5 heterocycles. The third kappa shape index (κ3) is 3.94. The van der Waals surface area contributed by atoms with Gasteiger partial charge in [0.25, 0.3) is 0 Å². The predicted octanol–water partition coefficient (Wildman–Crippen LogP) is 2.56. The summed E-state index contributed by atoms with van der Waals surface area (Å²) in [5.41, 5.74) is 10.8. The third-order valence-corrected chi connectivity index (χ3v) is 11.1. The van der Waals surface area contributed by atoms with E-state index in [9.17, 15) is 20.0 Å². The van der Waals surface area contributed by atoms with E-state index in [-0.39, 0.29) is 30.9 Å². The van der Waals surface area contributed by atoms with E-state index >= 15 is 0 Å². The van der Waals surface area contributed by atoms with Crippen LogP contribution in [0.3, 0.4) is 0 Å². The Morgan fingerprint density at radius 3 is 2.64 bits per heavy atom. The van der Waals surface area contributed by atoms with Gasteiger partial charge in [0.1, 0.15) is 24.4 Å². The van der Waals surface area contributed by atoms with Gasteiger partial charge in [-0.15, -0.1) is 11.8 Å². The molecule has 232 valence electrons. The van der Waals surface area contributed by atoms with Gasteiger partial charge in [-0.05, 0) is 38.4 Å². The number of phenols is 1. The molecule has 0 saturated carbocycles. The average Bonchev–Trinajstić information content (AvgIpc) is 3.47. The van der Waals surface area contributed by atoms with Crippen LogP contribution in [0.15, 0.2) is 6.07 Å². The number of aromatic hydroxyl groups is 1. The zero-order valence-corrected chi connectivity index (χ0v) is 25.9. The molecule has 0 aromatic heterocycles. The lowest BCUT2D eigenvalue weighted by Gasteiger charge is -2.61. The number of aryl methyl sites for hydroxylation is 1. The zero-order valence-electron chi connectivity index (χ0n) is 25.1. The summed E-state index contributed by atoms with van der Waals surface area (Å²) in [5, 5.41) is 22.1. The van der Waals surface area contributed by atoms with Crippen molar-refractivity contribution in [3.05, 3.63) is 39.4 Å². The van der Waals surface area contributed by atoms with Crippen LogP contribution in [0.5, 0.6) is 28.7 Å². The van der Waals surface area contributed by atoms with Crippen LogP contribution in [0, 0.1) is 25.2 Å². The van der Waals surface area contributed by atoms with Crippen LogP contribution in [0.4, 0.5) is 0 Å². The van der Waals surface area contributed by atoms with Crippen LogP contribution in [-0.4, -0.2) is 84.3 Å². The van der Waals surface area contributed by atoms with Gasteiger partial charge in [0.05, 0.1) is 30.5 Å². The highest BCUT2D eigenvalue weighted by Gasteiger charge is 2.60. The molecule has 12 nitrogen and oxygen atoms in total. The van der Waals surface area contributed by atoms with Crippen LogP contribution >= 0.6 is 11.8 Å². The number of ether oxygens (including phenoxy) is 5. The van der Waals surface area contributed by atoms with Gasteiger partial charge in [0.2, 0.25) is 6.79 Å². The number of esters is 2. The number of methoxy groups -OCH3 is 1. The molecular formula is C31H34N4O8S. The number of nitrogens with zero attached hydrogens (tertiary/aromatic N) is 3. The van der Waals surface area contributed by atoms with E-state index in [2.05, 4.69) is 15.9 Å². The van der Waals surface area contributed by atoms with Crippen molar-refractivity contribution in [3.8, 4) is 34.8 Å². The van der Waals surface area contributed by atoms with Crippen molar-refractivity contribution >= 4 is 23.7 Å². The lowest BCUT2D eigenvalue weighted by Crippen LogP contribution is -2.69. The van der Waals surface area contributed by atoms with Crippen molar-refractivity contribution in [3.63, 3.8) is 0 Å². The molecule has 2 aromatic rings. The number of benzene rings is 2. The number of carbonyl (C=O) groups is 2. The minimum absolute atomic E-state index is 0.0270. The van der Waals surface area contributed by atoms with Gasteiger partial charge in [-0.2, -0.15) is 5.26 Å². The minimum Gasteiger partial charge on any atom is -0.504 e. The highest BCUT2D eigenvalue weighted by molar-refractivity contribution is 7.99. The van der Waals surface area contributed by atoms with E-state index in [0.717, 1.165) is 22.3 Å². The summed E-state index contributed by atoms with van der Waals surface area (Å²) in [6.45, 7) is 4.93. The molecule has 7 rings (SSSR count). The first-order valence-electron chi connectivity index (χ1n) is 14.5. The maximum atomic E-state index is 13.0. The molecule has 44 heavy (non-hydrogen) atoms. The molecule has 4 bridgehead atoms. The Labute approximate surface area is 258 Å². The molecule has 2 fully saturated rings. The fraction of sp³-hybridized carbons (Fsp3) is 0.516. The summed E-state index contributed by atoms with van der Waals surface area (Å²) >= 11 is 1.44. The van der Waals surface area contributed by atoms with Crippen molar-refractivity contribution in [2.24, 2.45) is 5.73 Å². The zero-order chi connectivity index (χ0) is 31.2. The average molecular weight is 623 g/mol. The Bertz CT molecular complexity index is 1640. The van der Waals surface area contributed by atoms with E-state index < -0.39 is 47.4 Å². The van der Waals surface area contributed by atoms with Gasteiger partial charge in [-0.3, -0.25) is 19.4 Å². The number of piperazine rings is 1. The number of likely N-dealkylation sites (N-methyl/N-ethyl adjacent to an activating group) is 1. The second-order valence-corrected chi connectivity index (χ2v) is 13.2. The summed E-state index contributed by atoms with van der Waals surface area (Å²) < 4.78 is 29.4. The highest BCUT2D eigenvalue weighted by atomic mass is 32.2. The number of phenolic OH excluding ortho intramolecular Hbond substituents is 1. The number of carbonyl (C=O) groups excluding carboxylic acids is 2. The molecule has 0 spiro atoms. The summed E-state index contributed by atoms with van der Waals surface area (Å²) in [4.78, 5) is 29.8. The van der Waals surface area contributed by atoms with E-state index in [1.807, 2.05) is 27.0 Å². The second kappa shape index (κ2) is 10.4. The van der Waals surface area contributed by atoms with Crippen LogP contribution < -0.4 is 24.7 Å². The molecule has 0 aliphatic carbocycles. The van der Waals surface area contributed by atoms with Gasteiger partial charge in [0, 0.05) is 47.0 Å². The molecule has 2 saturated heterocycles. The number of cyclic esters (lactones) is 1. The van der Waals surface area contributed by atoms with E-state index in [0.29, 0.717) is 40.5 Å². The predicted molar refractivity (Wildman–Crippen MR) is 158 cm³/mol. The van der Waals surface area contributed by atoms with Crippen LogP contribution in [0.1, 0.15) is 57.6 Å². The maximum absolute atomic E-state index is 13.0. The summed E-state index contributed by atoms with van der Waals surface area (Å²) in [6.07, 6.45) is 0.522. The Kier molecular flexibility index (Phi) is 6.89. The van der Waals surface area contributed by atoms with Gasteiger partial charge >= 0.3 is 11.9 Å². The first-order valence-corrected chi connectivity index (χ1v) is 15.6. The van der Waals surface area contributed by atoms with Crippen molar-refractivity contribution in [2.75, 3.05) is 33.3 Å². The van der Waals surface area contributed by atoms with Gasteiger partial charge < -0.3 is 34.5 Å². The number of thioether (sulfide) groups is 1. The highest BCUT2D eigenvalue weighted by Crippen LogP contribution is 2.64. The monoisotopic (exact) mass is 622 g/mol. The third-order valence-electron chi connectivity index (χ3n) is 9.69. The van der Waals surface area contributed by atoms with Gasteiger partial charge in [-0.1, -0.05) is 6.07 Å². The number of hydrogen-bond donors (Lipinski definition) is 2. The molecule has 1 unspecified atom stereocenters. The van der Waals surface area contributed by atoms with Crippen molar-refractivity contribution < 1.29 is 38.4 Å². The summed E-state index contributed by atoms with van der Waals surface area (Å²) in [5.74, 6) is 0.953. The first kappa shape index (κ1) is 29.0. The van der Waals surface area contributed by atoms with Crippen molar-refractivity contribution in [2.45, 2.75) is 68.7 Å². The largest absolute Gasteiger partial charge is 0.504 e. The first-order chi connectivity index (χ1) is 21.1. The van der Waals surface area contributed by atoms with Crippen LogP contribution in [0.2, 0.25) is 0 Å². The Balaban J connectivity index is 1.56. The molecular weight excluding hydrogens is 588 g/mol. The maximum Gasteiger partial charge on any atom is 0.323 e. The number of fused-ring (bicyclic) bond motifs is 9. The lowest BCUT2D eigenvalue weighted by molar-refractivity contribution is -0.150. The molecule has 2 aromatic carbocycles. The van der Waals surface area contributed by atoms with Gasteiger partial charge in [0.15, 0.2) is 23.0 Å². The Morgan fingerprint density at radius 2 is 1.93 bits per heavy atom. The SMILES string of the molecule is COc1c(C)cc2c(c1O)[C@@H]1[C@H]3[C@H]4SC[C@@H](N)C(=O)OC[C@H](c5c6c(c(C)c(OC(C)=O)c54)OCO6)N3[C@@H](C#N)C(C2)N1C. The van der Waals surface area contributed by atoms with E-state index in [1.165, 1.54) is 25.8 Å². The normalized spacial score (nSPS) is 30.4. The smallest absolute Gasteiger partial charge is 0.323 e. The number of rotatable bonds is 2. The van der Waals surface area contributed by atoms with Crippen LogP contribution in [-0.2, 0) is 20.7 Å². The summed E-state index contributed by atoms with van der Waals surface area (Å²) in [6, 6.07) is 1.36.